The van der Waals surface area contributed by atoms with Crippen molar-refractivity contribution in [2.24, 2.45) is 0 Å². The molecule has 0 fully saturated rings. The van der Waals surface area contributed by atoms with E-state index in [1.165, 1.54) is 28.6 Å². The predicted molar refractivity (Wildman–Crippen MR) is 82.5 cm³/mol. The highest BCUT2D eigenvalue weighted by Gasteiger charge is 2.04. The lowest BCUT2D eigenvalue weighted by molar-refractivity contribution is 0.0690. The number of nitrogens with zero attached hydrogens (tertiary/aromatic N) is 1. The SMILES string of the molecule is O=C(O)c1ccc(NCc2cccc3ccccc23)cn1. The number of carboxylic acid groups (broad SMARTS) is 1. The molecule has 0 saturated carbocycles. The number of aromatic carboxylic acids is 1. The minimum absolute atomic E-state index is 0.0470. The van der Waals surface area contributed by atoms with Gasteiger partial charge >= 0.3 is 5.97 Å². The van der Waals surface area contributed by atoms with Gasteiger partial charge in [0.15, 0.2) is 0 Å². The fourth-order valence-electron chi connectivity index (χ4n) is 2.27. The largest absolute Gasteiger partial charge is 0.477 e. The van der Waals surface area contributed by atoms with E-state index in [4.69, 9.17) is 5.11 Å². The number of aromatic nitrogens is 1. The number of nitrogens with one attached hydrogen (secondary N) is 1. The molecule has 0 spiro atoms. The third-order valence-corrected chi connectivity index (χ3v) is 3.35. The molecule has 0 aliphatic rings. The fraction of sp³-hybridized carbons (Fsp3) is 0.0588. The molecule has 0 aliphatic carbocycles. The van der Waals surface area contributed by atoms with E-state index < -0.39 is 5.97 Å². The third kappa shape index (κ3) is 2.84. The van der Waals surface area contributed by atoms with E-state index in [2.05, 4.69) is 34.6 Å². The van der Waals surface area contributed by atoms with E-state index in [0.29, 0.717) is 6.54 Å². The average molecular weight is 278 g/mol. The van der Waals surface area contributed by atoms with Crippen molar-refractivity contribution in [3.05, 3.63) is 72.1 Å². The Bertz CT molecular complexity index is 777. The standard InChI is InChI=1S/C17H14N2O2/c20-17(21)16-9-8-14(11-19-16)18-10-13-6-3-5-12-4-1-2-7-15(12)13/h1-9,11,18H,10H2,(H,20,21). The fourth-order valence-corrected chi connectivity index (χ4v) is 2.27. The van der Waals surface area contributed by atoms with Gasteiger partial charge in [0, 0.05) is 6.54 Å². The quantitative estimate of drug-likeness (QED) is 0.766. The molecule has 0 unspecified atom stereocenters. The molecule has 2 N–H and O–H groups in total. The molecule has 0 atom stereocenters. The Kier molecular flexibility index (Phi) is 3.51. The third-order valence-electron chi connectivity index (χ3n) is 3.35. The zero-order chi connectivity index (χ0) is 14.7. The van der Waals surface area contributed by atoms with Crippen LogP contribution >= 0.6 is 0 Å². The minimum Gasteiger partial charge on any atom is -0.477 e. The molecule has 0 radical (unpaired) electrons. The number of anilines is 1. The van der Waals surface area contributed by atoms with Gasteiger partial charge in [-0.3, -0.25) is 0 Å². The maximum absolute atomic E-state index is 10.8. The van der Waals surface area contributed by atoms with Gasteiger partial charge in [-0.1, -0.05) is 42.5 Å². The summed E-state index contributed by atoms with van der Waals surface area (Å²) in [6.45, 7) is 0.662. The van der Waals surface area contributed by atoms with Crippen molar-refractivity contribution >= 4 is 22.4 Å². The summed E-state index contributed by atoms with van der Waals surface area (Å²) in [5.74, 6) is -1.02. The second-order valence-electron chi connectivity index (χ2n) is 4.73. The number of rotatable bonds is 4. The molecular weight excluding hydrogens is 264 g/mol. The Labute approximate surface area is 122 Å². The number of hydrogen-bond acceptors (Lipinski definition) is 3. The smallest absolute Gasteiger partial charge is 0.354 e. The van der Waals surface area contributed by atoms with Crippen LogP contribution in [0.1, 0.15) is 16.1 Å². The van der Waals surface area contributed by atoms with Crippen LogP contribution in [0.5, 0.6) is 0 Å². The maximum Gasteiger partial charge on any atom is 0.354 e. The van der Waals surface area contributed by atoms with Crippen LogP contribution in [-0.4, -0.2) is 16.1 Å². The lowest BCUT2D eigenvalue weighted by Crippen LogP contribution is -2.03. The van der Waals surface area contributed by atoms with Gasteiger partial charge < -0.3 is 10.4 Å². The molecule has 3 aromatic rings. The van der Waals surface area contributed by atoms with E-state index in [-0.39, 0.29) is 5.69 Å². The van der Waals surface area contributed by atoms with Gasteiger partial charge in [0.1, 0.15) is 5.69 Å². The molecule has 0 bridgehead atoms. The highest BCUT2D eigenvalue weighted by Crippen LogP contribution is 2.19. The van der Waals surface area contributed by atoms with Crippen LogP contribution in [0.15, 0.2) is 60.8 Å². The number of pyridine rings is 1. The van der Waals surface area contributed by atoms with Crippen molar-refractivity contribution in [2.75, 3.05) is 5.32 Å². The molecule has 4 nitrogen and oxygen atoms in total. The highest BCUT2D eigenvalue weighted by atomic mass is 16.4. The summed E-state index contributed by atoms with van der Waals surface area (Å²) >= 11 is 0. The number of fused-ring (bicyclic) bond motifs is 1. The molecular formula is C17H14N2O2. The number of benzene rings is 2. The Balaban J connectivity index is 1.79. The van der Waals surface area contributed by atoms with E-state index in [0.717, 1.165) is 5.69 Å². The molecule has 0 amide bonds. The van der Waals surface area contributed by atoms with E-state index in [1.54, 1.807) is 6.07 Å². The van der Waals surface area contributed by atoms with Crippen LogP contribution in [0.3, 0.4) is 0 Å². The van der Waals surface area contributed by atoms with Crippen molar-refractivity contribution in [1.29, 1.82) is 0 Å². The Hall–Kier alpha value is -2.88. The van der Waals surface area contributed by atoms with Gasteiger partial charge in [0.25, 0.3) is 0 Å². The Morgan fingerprint density at radius 3 is 2.62 bits per heavy atom. The van der Waals surface area contributed by atoms with E-state index in [1.807, 2.05) is 18.2 Å². The second-order valence-corrected chi connectivity index (χ2v) is 4.73. The van der Waals surface area contributed by atoms with Crippen molar-refractivity contribution in [2.45, 2.75) is 6.54 Å². The molecule has 0 saturated heterocycles. The first kappa shape index (κ1) is 13.1. The van der Waals surface area contributed by atoms with Gasteiger partial charge in [0.2, 0.25) is 0 Å². The van der Waals surface area contributed by atoms with Gasteiger partial charge in [-0.05, 0) is 28.5 Å². The lowest BCUT2D eigenvalue weighted by atomic mass is 10.0. The van der Waals surface area contributed by atoms with Gasteiger partial charge in [0.05, 0.1) is 11.9 Å². The van der Waals surface area contributed by atoms with Crippen LogP contribution in [-0.2, 0) is 6.54 Å². The molecule has 1 aromatic heterocycles. The predicted octanol–water partition coefficient (Wildman–Crippen LogP) is 3.55. The molecule has 2 aromatic carbocycles. The maximum atomic E-state index is 10.8. The number of carbonyl (C=O) groups is 1. The molecule has 4 heteroatoms. The molecule has 0 aliphatic heterocycles. The van der Waals surface area contributed by atoms with Crippen LogP contribution in [0.25, 0.3) is 10.8 Å². The monoisotopic (exact) mass is 278 g/mol. The normalized spacial score (nSPS) is 10.5. The molecule has 21 heavy (non-hydrogen) atoms. The lowest BCUT2D eigenvalue weighted by Gasteiger charge is -2.09. The van der Waals surface area contributed by atoms with Crippen molar-refractivity contribution < 1.29 is 9.90 Å². The first-order valence-electron chi connectivity index (χ1n) is 6.64. The minimum atomic E-state index is -1.02. The second kappa shape index (κ2) is 5.63. The summed E-state index contributed by atoms with van der Waals surface area (Å²) in [7, 11) is 0. The Morgan fingerprint density at radius 1 is 1.05 bits per heavy atom. The van der Waals surface area contributed by atoms with E-state index >= 15 is 0 Å². The molecule has 104 valence electrons. The summed E-state index contributed by atoms with van der Waals surface area (Å²) in [5, 5.41) is 14.5. The van der Waals surface area contributed by atoms with Crippen LogP contribution in [0, 0.1) is 0 Å². The number of carboxylic acids is 1. The topological polar surface area (TPSA) is 62.2 Å². The first-order chi connectivity index (χ1) is 10.2. The van der Waals surface area contributed by atoms with Crippen LogP contribution < -0.4 is 5.32 Å². The zero-order valence-electron chi connectivity index (χ0n) is 11.3. The summed E-state index contributed by atoms with van der Waals surface area (Å²) in [4.78, 5) is 14.6. The summed E-state index contributed by atoms with van der Waals surface area (Å²) in [6.07, 6.45) is 1.54. The molecule has 1 heterocycles. The van der Waals surface area contributed by atoms with Crippen molar-refractivity contribution in [3.8, 4) is 0 Å². The summed E-state index contributed by atoms with van der Waals surface area (Å²) in [6, 6.07) is 17.6. The van der Waals surface area contributed by atoms with Crippen LogP contribution in [0.2, 0.25) is 0 Å². The van der Waals surface area contributed by atoms with Gasteiger partial charge in [-0.2, -0.15) is 0 Å². The van der Waals surface area contributed by atoms with Gasteiger partial charge in [-0.25, -0.2) is 9.78 Å². The van der Waals surface area contributed by atoms with Crippen LogP contribution in [0.4, 0.5) is 5.69 Å². The number of hydrogen-bond donors (Lipinski definition) is 2. The summed E-state index contributed by atoms with van der Waals surface area (Å²) < 4.78 is 0. The highest BCUT2D eigenvalue weighted by molar-refractivity contribution is 5.86. The van der Waals surface area contributed by atoms with Crippen molar-refractivity contribution in [1.82, 2.24) is 4.98 Å². The first-order valence-corrected chi connectivity index (χ1v) is 6.64. The average Bonchev–Trinajstić information content (AvgIpc) is 2.53. The Morgan fingerprint density at radius 2 is 1.86 bits per heavy atom. The zero-order valence-corrected chi connectivity index (χ0v) is 11.3. The van der Waals surface area contributed by atoms with E-state index in [9.17, 15) is 4.79 Å². The van der Waals surface area contributed by atoms with Crippen molar-refractivity contribution in [3.63, 3.8) is 0 Å². The molecule has 3 rings (SSSR count). The summed E-state index contributed by atoms with van der Waals surface area (Å²) in [5.41, 5.74) is 2.04. The van der Waals surface area contributed by atoms with Gasteiger partial charge in [-0.15, -0.1) is 0 Å².